The summed E-state index contributed by atoms with van der Waals surface area (Å²) < 4.78 is 32.3. The molecule has 0 bridgehead atoms. The number of benzene rings is 3. The summed E-state index contributed by atoms with van der Waals surface area (Å²) >= 11 is 0. The van der Waals surface area contributed by atoms with E-state index >= 15 is 0 Å². The molecular weight excluding hydrogens is 462 g/mol. The van der Waals surface area contributed by atoms with Gasteiger partial charge in [0.05, 0.1) is 24.1 Å². The Morgan fingerprint density at radius 2 is 1.49 bits per heavy atom. The van der Waals surface area contributed by atoms with Crippen LogP contribution in [-0.4, -0.2) is 59.6 Å². The molecule has 0 unspecified atom stereocenters. The molecule has 0 aromatic heterocycles. The van der Waals surface area contributed by atoms with Crippen LogP contribution in [0.5, 0.6) is 5.75 Å². The maximum atomic E-state index is 12.9. The average Bonchev–Trinajstić information content (AvgIpc) is 2.89. The zero-order chi connectivity index (χ0) is 25.0. The molecule has 184 valence electrons. The van der Waals surface area contributed by atoms with Gasteiger partial charge < -0.3 is 14.5 Å². The lowest BCUT2D eigenvalue weighted by atomic mass is 10.1. The summed E-state index contributed by atoms with van der Waals surface area (Å²) in [6.07, 6.45) is 0.289. The number of nitrogens with zero attached hydrogens (tertiary/aromatic N) is 3. The number of anilines is 2. The number of carbonyl (C=O) groups is 1. The third-order valence-electron chi connectivity index (χ3n) is 6.40. The van der Waals surface area contributed by atoms with Crippen LogP contribution in [0.25, 0.3) is 0 Å². The Morgan fingerprint density at radius 1 is 0.886 bits per heavy atom. The van der Waals surface area contributed by atoms with Gasteiger partial charge in [0.1, 0.15) is 5.75 Å². The first-order valence-corrected chi connectivity index (χ1v) is 13.0. The first-order chi connectivity index (χ1) is 16.8. The van der Waals surface area contributed by atoms with Gasteiger partial charge in [0.25, 0.3) is 10.0 Å². The Morgan fingerprint density at radius 3 is 2.06 bits per heavy atom. The predicted molar refractivity (Wildman–Crippen MR) is 139 cm³/mol. The highest BCUT2D eigenvalue weighted by molar-refractivity contribution is 7.92. The molecule has 4 rings (SSSR count). The summed E-state index contributed by atoms with van der Waals surface area (Å²) in [6.45, 7) is 4.80. The molecule has 35 heavy (non-hydrogen) atoms. The van der Waals surface area contributed by atoms with E-state index in [0.29, 0.717) is 18.8 Å². The molecule has 0 N–H and O–H groups in total. The maximum absolute atomic E-state index is 12.9. The number of ether oxygens (including phenoxy) is 1. The third-order valence-corrected chi connectivity index (χ3v) is 8.20. The predicted octanol–water partition coefficient (Wildman–Crippen LogP) is 3.72. The van der Waals surface area contributed by atoms with Gasteiger partial charge in [0, 0.05) is 38.9 Å². The van der Waals surface area contributed by atoms with Gasteiger partial charge >= 0.3 is 0 Å². The highest BCUT2D eigenvalue weighted by atomic mass is 32.2. The van der Waals surface area contributed by atoms with E-state index in [9.17, 15) is 13.2 Å². The second-order valence-corrected chi connectivity index (χ2v) is 10.7. The van der Waals surface area contributed by atoms with E-state index in [0.717, 1.165) is 35.7 Å². The fraction of sp³-hybridized carbons (Fsp3) is 0.296. The number of aryl methyl sites for hydroxylation is 1. The van der Waals surface area contributed by atoms with Gasteiger partial charge in [-0.2, -0.15) is 0 Å². The molecule has 0 saturated carbocycles. The van der Waals surface area contributed by atoms with E-state index in [1.54, 1.807) is 43.5 Å². The second-order valence-electron chi connectivity index (χ2n) is 8.69. The summed E-state index contributed by atoms with van der Waals surface area (Å²) in [6, 6.07) is 21.9. The zero-order valence-corrected chi connectivity index (χ0v) is 21.2. The number of sulfonamides is 1. The molecule has 0 atom stereocenters. The van der Waals surface area contributed by atoms with Crippen molar-refractivity contribution in [3.63, 3.8) is 0 Å². The molecule has 1 aliphatic heterocycles. The lowest BCUT2D eigenvalue weighted by Gasteiger charge is -2.36. The molecule has 3 aromatic rings. The second kappa shape index (κ2) is 10.4. The largest absolute Gasteiger partial charge is 0.497 e. The van der Waals surface area contributed by atoms with Crippen LogP contribution in [0, 0.1) is 6.92 Å². The molecule has 0 radical (unpaired) electrons. The van der Waals surface area contributed by atoms with Crippen molar-refractivity contribution in [2.45, 2.75) is 18.2 Å². The van der Waals surface area contributed by atoms with Crippen LogP contribution >= 0.6 is 0 Å². The number of hydrogen-bond acceptors (Lipinski definition) is 5. The lowest BCUT2D eigenvalue weighted by molar-refractivity contribution is -0.130. The molecule has 3 aromatic carbocycles. The van der Waals surface area contributed by atoms with Crippen molar-refractivity contribution in [1.82, 2.24) is 4.90 Å². The fourth-order valence-corrected chi connectivity index (χ4v) is 5.32. The zero-order valence-electron chi connectivity index (χ0n) is 20.3. The van der Waals surface area contributed by atoms with E-state index < -0.39 is 10.0 Å². The highest BCUT2D eigenvalue weighted by Gasteiger charge is 2.23. The van der Waals surface area contributed by atoms with Crippen molar-refractivity contribution in [2.75, 3.05) is 49.5 Å². The first-order valence-electron chi connectivity index (χ1n) is 11.6. The minimum atomic E-state index is -3.65. The van der Waals surface area contributed by atoms with Gasteiger partial charge in [-0.05, 0) is 61.0 Å². The molecule has 1 aliphatic rings. The minimum Gasteiger partial charge on any atom is -0.497 e. The van der Waals surface area contributed by atoms with Crippen molar-refractivity contribution in [2.24, 2.45) is 0 Å². The van der Waals surface area contributed by atoms with Gasteiger partial charge in [-0.15, -0.1) is 0 Å². The maximum Gasteiger partial charge on any atom is 0.264 e. The fourth-order valence-electron chi connectivity index (χ4n) is 4.12. The number of amides is 1. The van der Waals surface area contributed by atoms with Crippen molar-refractivity contribution in [3.8, 4) is 5.75 Å². The van der Waals surface area contributed by atoms with Crippen LogP contribution in [0.1, 0.15) is 11.1 Å². The molecule has 1 saturated heterocycles. The molecule has 1 fully saturated rings. The minimum absolute atomic E-state index is 0.0766. The number of piperazine rings is 1. The summed E-state index contributed by atoms with van der Waals surface area (Å²) in [7, 11) is -0.457. The number of carbonyl (C=O) groups excluding carboxylic acids is 1. The Kier molecular flexibility index (Phi) is 7.31. The standard InChI is InChI=1S/C27H31N3O4S/c1-21-4-14-26(15-5-21)35(32,33)28(2)23-8-6-22(7-9-23)20-27(31)30-18-16-29(17-19-30)24-10-12-25(34-3)13-11-24/h4-15H,16-20H2,1-3H3. The van der Waals surface area contributed by atoms with Gasteiger partial charge in [-0.25, -0.2) is 8.42 Å². The summed E-state index contributed by atoms with van der Waals surface area (Å²) in [5, 5.41) is 0. The highest BCUT2D eigenvalue weighted by Crippen LogP contribution is 2.24. The van der Waals surface area contributed by atoms with Crippen LogP contribution in [-0.2, 0) is 21.2 Å². The SMILES string of the molecule is COc1ccc(N2CCN(C(=O)Cc3ccc(N(C)S(=O)(=O)c4ccc(C)cc4)cc3)CC2)cc1. The topological polar surface area (TPSA) is 70.2 Å². The summed E-state index contributed by atoms with van der Waals surface area (Å²) in [5.74, 6) is 0.903. The molecule has 0 spiro atoms. The van der Waals surface area contributed by atoms with Crippen molar-refractivity contribution < 1.29 is 17.9 Å². The van der Waals surface area contributed by atoms with E-state index in [-0.39, 0.29) is 17.2 Å². The van der Waals surface area contributed by atoms with Crippen LogP contribution in [0.4, 0.5) is 11.4 Å². The molecule has 1 amide bonds. The monoisotopic (exact) mass is 493 g/mol. The van der Waals surface area contributed by atoms with E-state index in [4.69, 9.17) is 4.74 Å². The Balaban J connectivity index is 1.33. The smallest absolute Gasteiger partial charge is 0.264 e. The van der Waals surface area contributed by atoms with E-state index in [1.807, 2.05) is 48.2 Å². The summed E-state index contributed by atoms with van der Waals surface area (Å²) in [4.78, 5) is 17.3. The Labute approximate surface area is 207 Å². The Bertz CT molecular complexity index is 1250. The lowest BCUT2D eigenvalue weighted by Crippen LogP contribution is -2.49. The van der Waals surface area contributed by atoms with Crippen LogP contribution in [0.2, 0.25) is 0 Å². The molecule has 7 nitrogen and oxygen atoms in total. The Hall–Kier alpha value is -3.52. The molecule has 0 aliphatic carbocycles. The first kappa shape index (κ1) is 24.6. The normalized spacial score (nSPS) is 14.0. The number of rotatable bonds is 7. The van der Waals surface area contributed by atoms with Gasteiger partial charge in [0.2, 0.25) is 5.91 Å². The van der Waals surface area contributed by atoms with Crippen LogP contribution < -0.4 is 13.9 Å². The van der Waals surface area contributed by atoms with E-state index in [2.05, 4.69) is 4.90 Å². The van der Waals surface area contributed by atoms with Crippen LogP contribution in [0.3, 0.4) is 0 Å². The van der Waals surface area contributed by atoms with Crippen molar-refractivity contribution in [3.05, 3.63) is 83.9 Å². The quantitative estimate of drug-likeness (QED) is 0.502. The van der Waals surface area contributed by atoms with Gasteiger partial charge in [-0.1, -0.05) is 29.8 Å². The third kappa shape index (κ3) is 5.59. The molecule has 1 heterocycles. The number of hydrogen-bond donors (Lipinski definition) is 0. The average molecular weight is 494 g/mol. The van der Waals surface area contributed by atoms with E-state index in [1.165, 1.54) is 11.4 Å². The van der Waals surface area contributed by atoms with Crippen LogP contribution in [0.15, 0.2) is 77.7 Å². The summed E-state index contributed by atoms with van der Waals surface area (Å²) in [5.41, 5.74) is 3.54. The number of methoxy groups -OCH3 is 1. The van der Waals surface area contributed by atoms with Crippen molar-refractivity contribution in [1.29, 1.82) is 0 Å². The van der Waals surface area contributed by atoms with Gasteiger partial charge in [0.15, 0.2) is 0 Å². The molecule has 8 heteroatoms. The van der Waals surface area contributed by atoms with Crippen molar-refractivity contribution >= 4 is 27.3 Å². The molecular formula is C27H31N3O4S. The van der Waals surface area contributed by atoms with Gasteiger partial charge in [-0.3, -0.25) is 9.10 Å².